The normalized spacial score (nSPS) is 15.8. The Kier molecular flexibility index (Phi) is 10.2. The van der Waals surface area contributed by atoms with Gasteiger partial charge in [0.25, 0.3) is 0 Å². The Morgan fingerprint density at radius 1 is 1.10 bits per heavy atom. The highest BCUT2D eigenvalue weighted by Gasteiger charge is 2.36. The number of methoxy groups -OCH3 is 1. The van der Waals surface area contributed by atoms with Gasteiger partial charge >= 0.3 is 0 Å². The minimum atomic E-state index is -0.0722. The Morgan fingerprint density at radius 2 is 1.80 bits per heavy atom. The van der Waals surface area contributed by atoms with Gasteiger partial charge in [-0.25, -0.2) is 4.99 Å². The molecule has 0 spiro atoms. The fraction of sp³-hybridized carbons (Fsp3) is 0.435. The summed E-state index contributed by atoms with van der Waals surface area (Å²) in [7, 11) is 1.69. The summed E-state index contributed by atoms with van der Waals surface area (Å²) in [6, 6.07) is 16.1. The Labute approximate surface area is 201 Å². The van der Waals surface area contributed by atoms with Gasteiger partial charge in [0.1, 0.15) is 5.75 Å². The Balaban J connectivity index is 0.00000320. The van der Waals surface area contributed by atoms with E-state index in [1.165, 1.54) is 5.56 Å². The molecule has 5 nitrogen and oxygen atoms in total. The topological polar surface area (TPSA) is 54.9 Å². The zero-order valence-corrected chi connectivity index (χ0v) is 20.7. The van der Waals surface area contributed by atoms with Gasteiger partial charge < -0.3 is 20.1 Å². The summed E-state index contributed by atoms with van der Waals surface area (Å²) >= 11 is 6.57. The number of ether oxygens (including phenoxy) is 2. The van der Waals surface area contributed by atoms with Crippen LogP contribution in [0.4, 0.5) is 0 Å². The zero-order valence-electron chi connectivity index (χ0n) is 17.6. The smallest absolute Gasteiger partial charge is 0.191 e. The van der Waals surface area contributed by atoms with E-state index in [1.54, 1.807) is 7.11 Å². The maximum Gasteiger partial charge on any atom is 0.191 e. The molecule has 0 radical (unpaired) electrons. The summed E-state index contributed by atoms with van der Waals surface area (Å²) in [6.07, 6.45) is 1.85. The van der Waals surface area contributed by atoms with E-state index in [-0.39, 0.29) is 29.4 Å². The van der Waals surface area contributed by atoms with Crippen molar-refractivity contribution in [3.63, 3.8) is 0 Å². The first-order valence-corrected chi connectivity index (χ1v) is 10.5. The summed E-state index contributed by atoms with van der Waals surface area (Å²) in [5.41, 5.74) is 2.16. The van der Waals surface area contributed by atoms with Crippen LogP contribution in [-0.2, 0) is 16.7 Å². The first-order chi connectivity index (χ1) is 14.2. The van der Waals surface area contributed by atoms with Gasteiger partial charge in [0, 0.05) is 42.3 Å². The number of hydrogen-bond acceptors (Lipinski definition) is 3. The molecule has 1 aliphatic rings. The monoisotopic (exact) mass is 543 g/mol. The van der Waals surface area contributed by atoms with Crippen molar-refractivity contribution in [1.29, 1.82) is 0 Å². The first-order valence-electron chi connectivity index (χ1n) is 10.2. The van der Waals surface area contributed by atoms with Crippen molar-refractivity contribution < 1.29 is 9.47 Å². The molecule has 1 fully saturated rings. The second-order valence-corrected chi connectivity index (χ2v) is 7.64. The lowest BCUT2D eigenvalue weighted by atomic mass is 9.74. The summed E-state index contributed by atoms with van der Waals surface area (Å²) in [4.78, 5) is 4.77. The van der Waals surface area contributed by atoms with Crippen LogP contribution in [0.3, 0.4) is 0 Å². The van der Waals surface area contributed by atoms with Gasteiger partial charge in [0.2, 0.25) is 0 Å². The molecule has 0 atom stereocenters. The van der Waals surface area contributed by atoms with Crippen molar-refractivity contribution in [2.45, 2.75) is 31.7 Å². The van der Waals surface area contributed by atoms with Crippen molar-refractivity contribution in [2.75, 3.05) is 33.4 Å². The van der Waals surface area contributed by atoms with Gasteiger partial charge in [-0.3, -0.25) is 0 Å². The van der Waals surface area contributed by atoms with Gasteiger partial charge in [-0.1, -0.05) is 48.0 Å². The number of rotatable bonds is 7. The molecular formula is C23H31ClIN3O2. The van der Waals surface area contributed by atoms with E-state index in [0.717, 1.165) is 61.4 Å². The number of aliphatic imine (C=N–C) groups is 1. The standard InChI is InChI=1S/C23H30ClN3O2.HI/c1-3-25-22(26-16-18-8-4-7-11-21(18)28-2)27-17-23(12-14-29-15-13-23)19-9-5-6-10-20(19)24;/h4-11H,3,12-17H2,1-2H3,(H2,25,26,27);1H. The van der Waals surface area contributed by atoms with Crippen molar-refractivity contribution in [3.05, 3.63) is 64.7 Å². The molecule has 1 saturated heterocycles. The lowest BCUT2D eigenvalue weighted by molar-refractivity contribution is 0.0514. The Hall–Kier alpha value is -1.51. The lowest BCUT2D eigenvalue weighted by Gasteiger charge is -2.38. The third-order valence-corrected chi connectivity index (χ3v) is 5.76. The predicted molar refractivity (Wildman–Crippen MR) is 134 cm³/mol. The highest BCUT2D eigenvalue weighted by Crippen LogP contribution is 2.38. The molecule has 0 aromatic heterocycles. The summed E-state index contributed by atoms with van der Waals surface area (Å²) in [6.45, 7) is 5.63. The molecule has 2 aromatic rings. The quantitative estimate of drug-likeness (QED) is 0.300. The predicted octanol–water partition coefficient (Wildman–Crippen LogP) is 4.77. The van der Waals surface area contributed by atoms with Crippen LogP contribution in [0.1, 0.15) is 30.9 Å². The molecule has 2 N–H and O–H groups in total. The molecule has 0 aliphatic carbocycles. The number of hydrogen-bond donors (Lipinski definition) is 2. The van der Waals surface area contributed by atoms with Crippen LogP contribution >= 0.6 is 35.6 Å². The van der Waals surface area contributed by atoms with Gasteiger partial charge in [0.05, 0.1) is 13.7 Å². The first kappa shape index (κ1) is 24.8. The van der Waals surface area contributed by atoms with E-state index in [1.807, 2.05) is 36.4 Å². The molecular weight excluding hydrogens is 513 g/mol. The Bertz CT molecular complexity index is 826. The van der Waals surface area contributed by atoms with Crippen LogP contribution in [0.5, 0.6) is 5.75 Å². The fourth-order valence-corrected chi connectivity index (χ4v) is 4.12. The van der Waals surface area contributed by atoms with E-state index >= 15 is 0 Å². The van der Waals surface area contributed by atoms with E-state index in [0.29, 0.717) is 6.54 Å². The van der Waals surface area contributed by atoms with Crippen molar-refractivity contribution in [3.8, 4) is 5.75 Å². The largest absolute Gasteiger partial charge is 0.496 e. The fourth-order valence-electron chi connectivity index (χ4n) is 3.79. The number of nitrogens with one attached hydrogen (secondary N) is 2. The van der Waals surface area contributed by atoms with Crippen molar-refractivity contribution >= 4 is 41.5 Å². The lowest BCUT2D eigenvalue weighted by Crippen LogP contribution is -2.48. The number of benzene rings is 2. The SMILES string of the molecule is CCNC(=NCc1ccccc1OC)NCC1(c2ccccc2Cl)CCOCC1.I. The molecule has 1 heterocycles. The average molecular weight is 544 g/mol. The van der Waals surface area contributed by atoms with E-state index in [4.69, 9.17) is 26.1 Å². The van der Waals surface area contributed by atoms with Crippen LogP contribution < -0.4 is 15.4 Å². The van der Waals surface area contributed by atoms with Crippen LogP contribution in [0, 0.1) is 0 Å². The molecule has 0 amide bonds. The van der Waals surface area contributed by atoms with Crippen molar-refractivity contribution in [2.24, 2.45) is 4.99 Å². The number of guanidine groups is 1. The average Bonchev–Trinajstić information content (AvgIpc) is 2.77. The minimum absolute atomic E-state index is 0. The van der Waals surface area contributed by atoms with Crippen molar-refractivity contribution in [1.82, 2.24) is 10.6 Å². The van der Waals surface area contributed by atoms with Gasteiger partial charge in [-0.05, 0) is 37.5 Å². The van der Waals surface area contributed by atoms with E-state index < -0.39 is 0 Å². The molecule has 1 aliphatic heterocycles. The molecule has 2 aromatic carbocycles. The number of halogens is 2. The molecule has 164 valence electrons. The van der Waals surface area contributed by atoms with Crippen LogP contribution in [-0.4, -0.2) is 39.4 Å². The molecule has 3 rings (SSSR count). The third kappa shape index (κ3) is 6.25. The zero-order chi connectivity index (χ0) is 20.5. The molecule has 7 heteroatoms. The summed E-state index contributed by atoms with van der Waals surface area (Å²) in [5.74, 6) is 1.64. The number of nitrogens with zero attached hydrogens (tertiary/aromatic N) is 1. The highest BCUT2D eigenvalue weighted by molar-refractivity contribution is 14.0. The van der Waals surface area contributed by atoms with Gasteiger partial charge in [-0.2, -0.15) is 0 Å². The second-order valence-electron chi connectivity index (χ2n) is 7.23. The van der Waals surface area contributed by atoms with Gasteiger partial charge in [0.15, 0.2) is 5.96 Å². The molecule has 30 heavy (non-hydrogen) atoms. The second kappa shape index (κ2) is 12.4. The Morgan fingerprint density at radius 3 is 2.50 bits per heavy atom. The maximum absolute atomic E-state index is 6.57. The third-order valence-electron chi connectivity index (χ3n) is 5.43. The van der Waals surface area contributed by atoms with Gasteiger partial charge in [-0.15, -0.1) is 24.0 Å². The van der Waals surface area contributed by atoms with E-state index in [9.17, 15) is 0 Å². The van der Waals surface area contributed by atoms with Crippen LogP contribution in [0.2, 0.25) is 5.02 Å². The van der Waals surface area contributed by atoms with Crippen LogP contribution in [0.15, 0.2) is 53.5 Å². The van der Waals surface area contributed by atoms with E-state index in [2.05, 4.69) is 29.7 Å². The molecule has 0 saturated carbocycles. The summed E-state index contributed by atoms with van der Waals surface area (Å²) in [5, 5.41) is 7.71. The number of para-hydroxylation sites is 1. The summed E-state index contributed by atoms with van der Waals surface area (Å²) < 4.78 is 11.1. The maximum atomic E-state index is 6.57. The molecule has 0 bridgehead atoms. The van der Waals surface area contributed by atoms with Crippen LogP contribution in [0.25, 0.3) is 0 Å². The molecule has 0 unspecified atom stereocenters. The minimum Gasteiger partial charge on any atom is -0.496 e. The highest BCUT2D eigenvalue weighted by atomic mass is 127.